The van der Waals surface area contributed by atoms with Crippen molar-refractivity contribution in [2.24, 2.45) is 5.73 Å². The SMILES string of the molecule is Cc1cc(Br)cc(C(=O)NCCNC(N)=O)c1. The van der Waals surface area contributed by atoms with Gasteiger partial charge in [-0.1, -0.05) is 15.9 Å². The third-order valence-corrected chi connectivity index (χ3v) is 2.47. The lowest BCUT2D eigenvalue weighted by Crippen LogP contribution is -2.37. The van der Waals surface area contributed by atoms with E-state index in [0.717, 1.165) is 10.0 Å². The summed E-state index contributed by atoms with van der Waals surface area (Å²) in [6, 6.07) is 4.86. The van der Waals surface area contributed by atoms with Crippen molar-refractivity contribution in [2.75, 3.05) is 13.1 Å². The minimum atomic E-state index is -0.599. The summed E-state index contributed by atoms with van der Waals surface area (Å²) in [5.41, 5.74) is 6.47. The van der Waals surface area contributed by atoms with E-state index in [9.17, 15) is 9.59 Å². The minimum absolute atomic E-state index is 0.180. The van der Waals surface area contributed by atoms with Crippen LogP contribution in [0.2, 0.25) is 0 Å². The van der Waals surface area contributed by atoms with Gasteiger partial charge in [-0.25, -0.2) is 4.79 Å². The molecule has 17 heavy (non-hydrogen) atoms. The number of carbonyl (C=O) groups is 2. The molecular formula is C11H14BrN3O2. The molecule has 5 nitrogen and oxygen atoms in total. The van der Waals surface area contributed by atoms with Crippen molar-refractivity contribution in [1.29, 1.82) is 0 Å². The molecule has 0 heterocycles. The summed E-state index contributed by atoms with van der Waals surface area (Å²) < 4.78 is 0.859. The summed E-state index contributed by atoms with van der Waals surface area (Å²) in [4.78, 5) is 22.1. The van der Waals surface area contributed by atoms with Gasteiger partial charge in [0, 0.05) is 23.1 Å². The zero-order valence-corrected chi connectivity index (χ0v) is 11.0. The van der Waals surface area contributed by atoms with Crippen LogP contribution in [0.15, 0.2) is 22.7 Å². The van der Waals surface area contributed by atoms with E-state index in [2.05, 4.69) is 26.6 Å². The minimum Gasteiger partial charge on any atom is -0.352 e. The van der Waals surface area contributed by atoms with E-state index in [1.807, 2.05) is 13.0 Å². The molecule has 0 saturated carbocycles. The Morgan fingerprint density at radius 1 is 1.24 bits per heavy atom. The second-order valence-corrected chi connectivity index (χ2v) is 4.48. The molecule has 0 aliphatic heterocycles. The first-order valence-electron chi connectivity index (χ1n) is 5.08. The van der Waals surface area contributed by atoms with Gasteiger partial charge in [-0.05, 0) is 30.7 Å². The Kier molecular flexibility index (Phi) is 4.96. The zero-order valence-electron chi connectivity index (χ0n) is 9.42. The molecule has 3 amide bonds. The van der Waals surface area contributed by atoms with E-state index in [-0.39, 0.29) is 5.91 Å². The van der Waals surface area contributed by atoms with Gasteiger partial charge in [-0.2, -0.15) is 0 Å². The van der Waals surface area contributed by atoms with Crippen LogP contribution in [0.5, 0.6) is 0 Å². The number of primary amides is 1. The summed E-state index contributed by atoms with van der Waals surface area (Å²) in [6.07, 6.45) is 0. The fourth-order valence-corrected chi connectivity index (χ4v) is 1.94. The van der Waals surface area contributed by atoms with Crippen molar-refractivity contribution in [3.05, 3.63) is 33.8 Å². The van der Waals surface area contributed by atoms with Gasteiger partial charge in [0.2, 0.25) is 0 Å². The van der Waals surface area contributed by atoms with Crippen molar-refractivity contribution in [3.63, 3.8) is 0 Å². The molecule has 0 fully saturated rings. The highest BCUT2D eigenvalue weighted by molar-refractivity contribution is 9.10. The summed E-state index contributed by atoms with van der Waals surface area (Å²) in [7, 11) is 0. The highest BCUT2D eigenvalue weighted by Crippen LogP contribution is 2.15. The van der Waals surface area contributed by atoms with E-state index < -0.39 is 6.03 Å². The smallest absolute Gasteiger partial charge is 0.312 e. The number of nitrogens with two attached hydrogens (primary N) is 1. The monoisotopic (exact) mass is 299 g/mol. The maximum atomic E-state index is 11.7. The number of benzene rings is 1. The van der Waals surface area contributed by atoms with Gasteiger partial charge in [-0.15, -0.1) is 0 Å². The molecule has 0 bridgehead atoms. The van der Waals surface area contributed by atoms with Gasteiger partial charge >= 0.3 is 6.03 Å². The number of carbonyl (C=O) groups excluding carboxylic acids is 2. The van der Waals surface area contributed by atoms with Crippen LogP contribution < -0.4 is 16.4 Å². The maximum Gasteiger partial charge on any atom is 0.312 e. The largest absolute Gasteiger partial charge is 0.352 e. The van der Waals surface area contributed by atoms with E-state index in [1.165, 1.54) is 0 Å². The molecule has 0 spiro atoms. The molecule has 0 unspecified atom stereocenters. The third kappa shape index (κ3) is 4.86. The quantitative estimate of drug-likeness (QED) is 0.729. The van der Waals surface area contributed by atoms with Crippen LogP contribution >= 0.6 is 15.9 Å². The second kappa shape index (κ2) is 6.24. The molecule has 0 aromatic heterocycles. The summed E-state index contributed by atoms with van der Waals surface area (Å²) >= 11 is 3.33. The number of nitrogens with one attached hydrogen (secondary N) is 2. The maximum absolute atomic E-state index is 11.7. The topological polar surface area (TPSA) is 84.2 Å². The number of aryl methyl sites for hydroxylation is 1. The Labute approximate surface area is 108 Å². The van der Waals surface area contributed by atoms with E-state index in [1.54, 1.807) is 12.1 Å². The van der Waals surface area contributed by atoms with Gasteiger partial charge in [-0.3, -0.25) is 4.79 Å². The fraction of sp³-hybridized carbons (Fsp3) is 0.273. The summed E-state index contributed by atoms with van der Waals surface area (Å²) in [5, 5.41) is 5.07. The molecule has 0 radical (unpaired) electrons. The van der Waals surface area contributed by atoms with Crippen LogP contribution in [0.25, 0.3) is 0 Å². The van der Waals surface area contributed by atoms with Gasteiger partial charge in [0.15, 0.2) is 0 Å². The molecular weight excluding hydrogens is 286 g/mol. The molecule has 92 valence electrons. The van der Waals surface area contributed by atoms with Crippen LogP contribution in [0, 0.1) is 6.92 Å². The summed E-state index contributed by atoms with van der Waals surface area (Å²) in [5.74, 6) is -0.180. The number of amides is 3. The number of rotatable bonds is 4. The predicted molar refractivity (Wildman–Crippen MR) is 68.8 cm³/mol. The third-order valence-electron chi connectivity index (χ3n) is 2.01. The molecule has 1 aromatic rings. The number of halogens is 1. The second-order valence-electron chi connectivity index (χ2n) is 3.56. The van der Waals surface area contributed by atoms with Crippen LogP contribution in [0.3, 0.4) is 0 Å². The van der Waals surface area contributed by atoms with Crippen LogP contribution in [-0.4, -0.2) is 25.0 Å². The number of hydrogen-bond acceptors (Lipinski definition) is 2. The Morgan fingerprint density at radius 2 is 1.88 bits per heavy atom. The van der Waals surface area contributed by atoms with Crippen LogP contribution in [-0.2, 0) is 0 Å². The predicted octanol–water partition coefficient (Wildman–Crippen LogP) is 1.16. The lowest BCUT2D eigenvalue weighted by molar-refractivity contribution is 0.0953. The zero-order chi connectivity index (χ0) is 12.8. The Balaban J connectivity index is 2.49. The molecule has 0 aliphatic rings. The average molecular weight is 300 g/mol. The van der Waals surface area contributed by atoms with Gasteiger partial charge in [0.05, 0.1) is 0 Å². The first kappa shape index (κ1) is 13.5. The van der Waals surface area contributed by atoms with Gasteiger partial charge < -0.3 is 16.4 Å². The molecule has 0 atom stereocenters. The molecule has 0 saturated heterocycles. The Bertz CT molecular complexity index is 414. The number of hydrogen-bond donors (Lipinski definition) is 3. The molecule has 6 heteroatoms. The average Bonchev–Trinajstić information content (AvgIpc) is 2.22. The van der Waals surface area contributed by atoms with Crippen molar-refractivity contribution < 1.29 is 9.59 Å². The lowest BCUT2D eigenvalue weighted by Gasteiger charge is -2.06. The van der Waals surface area contributed by atoms with E-state index in [0.29, 0.717) is 18.7 Å². The van der Waals surface area contributed by atoms with Crippen molar-refractivity contribution in [3.8, 4) is 0 Å². The molecule has 0 aliphatic carbocycles. The standard InChI is InChI=1S/C11H14BrN3O2/c1-7-4-8(6-9(12)5-7)10(16)14-2-3-15-11(13)17/h4-6H,2-3H2,1H3,(H,14,16)(H3,13,15,17). The van der Waals surface area contributed by atoms with Crippen molar-refractivity contribution >= 4 is 27.9 Å². The number of urea groups is 1. The lowest BCUT2D eigenvalue weighted by atomic mass is 10.1. The highest BCUT2D eigenvalue weighted by atomic mass is 79.9. The van der Waals surface area contributed by atoms with Gasteiger partial charge in [0.25, 0.3) is 5.91 Å². The van der Waals surface area contributed by atoms with Crippen LogP contribution in [0.4, 0.5) is 4.79 Å². The van der Waals surface area contributed by atoms with E-state index in [4.69, 9.17) is 5.73 Å². The summed E-state index contributed by atoms with van der Waals surface area (Å²) in [6.45, 7) is 2.57. The highest BCUT2D eigenvalue weighted by Gasteiger charge is 2.06. The normalized spacial score (nSPS) is 9.76. The first-order valence-corrected chi connectivity index (χ1v) is 5.87. The molecule has 1 rings (SSSR count). The van der Waals surface area contributed by atoms with Crippen molar-refractivity contribution in [1.82, 2.24) is 10.6 Å². The Morgan fingerprint density at radius 3 is 2.47 bits per heavy atom. The van der Waals surface area contributed by atoms with Crippen molar-refractivity contribution in [2.45, 2.75) is 6.92 Å². The van der Waals surface area contributed by atoms with Gasteiger partial charge in [0.1, 0.15) is 0 Å². The fourth-order valence-electron chi connectivity index (χ4n) is 1.33. The Hall–Kier alpha value is -1.56. The molecule has 4 N–H and O–H groups in total. The first-order chi connectivity index (χ1) is 7.99. The van der Waals surface area contributed by atoms with Crippen LogP contribution in [0.1, 0.15) is 15.9 Å². The molecule has 1 aromatic carbocycles. The van der Waals surface area contributed by atoms with E-state index >= 15 is 0 Å².